The summed E-state index contributed by atoms with van der Waals surface area (Å²) in [5.41, 5.74) is 10.3. The van der Waals surface area contributed by atoms with Crippen LogP contribution in [0.15, 0.2) is 54.6 Å². The van der Waals surface area contributed by atoms with Gasteiger partial charge in [-0.15, -0.1) is 0 Å². The molecule has 2 aromatic rings. The van der Waals surface area contributed by atoms with Crippen molar-refractivity contribution in [2.75, 3.05) is 0 Å². The first-order valence-corrected chi connectivity index (χ1v) is 13.6. The molecule has 0 aliphatic carbocycles. The van der Waals surface area contributed by atoms with E-state index in [-0.39, 0.29) is 37.0 Å². The lowest BCUT2D eigenvalue weighted by molar-refractivity contribution is -0.132. The number of phenolic OH excluding ortho intramolecular Hbond substituents is 1. The topological polar surface area (TPSA) is 170 Å². The van der Waals surface area contributed by atoms with Gasteiger partial charge in [-0.3, -0.25) is 14.4 Å². The Bertz CT molecular complexity index is 1210. The maximum atomic E-state index is 13.4. The van der Waals surface area contributed by atoms with Crippen molar-refractivity contribution in [3.05, 3.63) is 71.3 Å². The number of amides is 3. The summed E-state index contributed by atoms with van der Waals surface area (Å²) in [4.78, 5) is 54.6. The van der Waals surface area contributed by atoms with Gasteiger partial charge in [-0.1, -0.05) is 70.2 Å². The van der Waals surface area contributed by atoms with Crippen molar-refractivity contribution >= 4 is 29.9 Å². The van der Waals surface area contributed by atoms with Gasteiger partial charge in [0.05, 0.1) is 0 Å². The predicted molar refractivity (Wildman–Crippen MR) is 153 cm³/mol. The Labute approximate surface area is 240 Å². The number of ether oxygens (including phenoxy) is 1. The number of ketones is 1. The van der Waals surface area contributed by atoms with Crippen LogP contribution in [0, 0.1) is 11.8 Å². The first-order valence-electron chi connectivity index (χ1n) is 13.6. The van der Waals surface area contributed by atoms with Crippen LogP contribution in [0.4, 0.5) is 4.79 Å². The molecule has 11 heteroatoms. The minimum Gasteiger partial charge on any atom is -0.508 e. The fourth-order valence-corrected chi connectivity index (χ4v) is 4.09. The van der Waals surface area contributed by atoms with E-state index in [0.29, 0.717) is 18.2 Å². The number of hydrogen-bond donors (Lipinski definition) is 4. The van der Waals surface area contributed by atoms with Crippen LogP contribution in [0.3, 0.4) is 0 Å². The van der Waals surface area contributed by atoms with E-state index in [2.05, 4.69) is 20.7 Å². The number of aromatic hydroxyl groups is 1. The van der Waals surface area contributed by atoms with Crippen molar-refractivity contribution in [2.24, 2.45) is 11.8 Å². The fraction of sp³-hybridized carbons (Fsp3) is 0.433. The van der Waals surface area contributed by atoms with E-state index in [1.807, 2.05) is 58.0 Å². The van der Waals surface area contributed by atoms with Crippen LogP contribution >= 0.6 is 0 Å². The molecule has 0 radical (unpaired) electrons. The van der Waals surface area contributed by atoms with Gasteiger partial charge < -0.3 is 31.3 Å². The molecule has 0 saturated carbocycles. The van der Waals surface area contributed by atoms with Crippen LogP contribution in [0.25, 0.3) is 5.53 Å². The van der Waals surface area contributed by atoms with Gasteiger partial charge in [0.2, 0.25) is 11.8 Å². The van der Waals surface area contributed by atoms with Gasteiger partial charge in [0, 0.05) is 6.42 Å². The lowest BCUT2D eigenvalue weighted by Crippen LogP contribution is -2.56. The largest absolute Gasteiger partial charge is 0.508 e. The third-order valence-electron chi connectivity index (χ3n) is 6.09. The van der Waals surface area contributed by atoms with E-state index < -0.39 is 41.8 Å². The summed E-state index contributed by atoms with van der Waals surface area (Å²) in [7, 11) is 0. The second kappa shape index (κ2) is 16.6. The van der Waals surface area contributed by atoms with Crippen molar-refractivity contribution in [1.82, 2.24) is 16.0 Å². The minimum absolute atomic E-state index is 0.00338. The number of Topliss-reactive ketones (excluding diaryl/α,β-unsaturated/α-hetero) is 1. The molecule has 0 aliphatic rings. The Morgan fingerprint density at radius 1 is 0.805 bits per heavy atom. The van der Waals surface area contributed by atoms with Gasteiger partial charge in [0.15, 0.2) is 0 Å². The molecule has 2 rings (SSSR count). The van der Waals surface area contributed by atoms with E-state index >= 15 is 0 Å². The van der Waals surface area contributed by atoms with Crippen molar-refractivity contribution in [2.45, 2.75) is 71.7 Å². The summed E-state index contributed by atoms with van der Waals surface area (Å²) in [6.07, 6.45) is 0.563. The molecule has 41 heavy (non-hydrogen) atoms. The smallest absolute Gasteiger partial charge is 0.408 e. The average molecular weight is 566 g/mol. The van der Waals surface area contributed by atoms with Crippen molar-refractivity contribution in [1.29, 1.82) is 0 Å². The van der Waals surface area contributed by atoms with Crippen LogP contribution in [0.2, 0.25) is 0 Å². The lowest BCUT2D eigenvalue weighted by atomic mass is 9.98. The summed E-state index contributed by atoms with van der Waals surface area (Å²) in [6.45, 7) is 7.60. The van der Waals surface area contributed by atoms with E-state index in [1.165, 1.54) is 12.1 Å². The van der Waals surface area contributed by atoms with Gasteiger partial charge in [0.25, 0.3) is 5.78 Å². The van der Waals surface area contributed by atoms with E-state index in [0.717, 1.165) is 5.56 Å². The summed E-state index contributed by atoms with van der Waals surface area (Å²) in [5, 5.41) is 17.5. The number of nitrogens with one attached hydrogen (secondary N) is 3. The molecule has 3 amide bonds. The number of hydrogen-bond acceptors (Lipinski definition) is 6. The number of nitrogens with zero attached hydrogens (tertiary/aromatic N) is 2. The molecule has 0 heterocycles. The first-order chi connectivity index (χ1) is 19.5. The second-order valence-electron chi connectivity index (χ2n) is 10.7. The highest BCUT2D eigenvalue weighted by Crippen LogP contribution is 2.13. The minimum atomic E-state index is -1.09. The maximum absolute atomic E-state index is 13.4. The molecule has 0 aliphatic heterocycles. The first kappa shape index (κ1) is 32.7. The van der Waals surface area contributed by atoms with Crippen molar-refractivity contribution < 1.29 is 33.8 Å². The van der Waals surface area contributed by atoms with E-state index in [1.54, 1.807) is 12.1 Å². The van der Waals surface area contributed by atoms with Crippen LogP contribution < -0.4 is 16.0 Å². The number of alkyl carbamates (subject to hydrolysis) is 1. The Balaban J connectivity index is 2.15. The van der Waals surface area contributed by atoms with E-state index in [4.69, 9.17) is 10.3 Å². The molecule has 1 unspecified atom stereocenters. The zero-order valence-corrected chi connectivity index (χ0v) is 23.9. The van der Waals surface area contributed by atoms with Crippen molar-refractivity contribution in [3.8, 4) is 5.75 Å². The average Bonchev–Trinajstić information content (AvgIpc) is 2.92. The third-order valence-corrected chi connectivity index (χ3v) is 6.09. The molecule has 0 fully saturated rings. The highest BCUT2D eigenvalue weighted by Gasteiger charge is 2.31. The summed E-state index contributed by atoms with van der Waals surface area (Å²) in [5.74, 6) is -1.72. The Kier molecular flexibility index (Phi) is 13.2. The molecule has 0 saturated heterocycles. The highest BCUT2D eigenvalue weighted by molar-refractivity contribution is 6.28. The van der Waals surface area contributed by atoms with Gasteiger partial charge in [-0.2, -0.15) is 4.79 Å². The zero-order chi connectivity index (χ0) is 30.4. The molecule has 220 valence electrons. The Morgan fingerprint density at radius 2 is 1.34 bits per heavy atom. The predicted octanol–water partition coefficient (Wildman–Crippen LogP) is 3.16. The molecule has 0 bridgehead atoms. The van der Waals surface area contributed by atoms with Gasteiger partial charge >= 0.3 is 12.3 Å². The Morgan fingerprint density at radius 3 is 1.88 bits per heavy atom. The van der Waals surface area contributed by atoms with Gasteiger partial charge in [-0.05, 0) is 47.9 Å². The molecular weight excluding hydrogens is 526 g/mol. The van der Waals surface area contributed by atoms with Gasteiger partial charge in [0.1, 0.15) is 30.5 Å². The van der Waals surface area contributed by atoms with E-state index in [9.17, 15) is 24.3 Å². The second-order valence-corrected chi connectivity index (χ2v) is 10.7. The zero-order valence-electron chi connectivity index (χ0n) is 23.9. The van der Waals surface area contributed by atoms with Crippen LogP contribution in [-0.4, -0.2) is 57.9 Å². The maximum Gasteiger partial charge on any atom is 0.408 e. The molecule has 3 atom stereocenters. The number of rotatable bonds is 15. The summed E-state index contributed by atoms with van der Waals surface area (Å²) in [6, 6.07) is 12.2. The molecule has 0 aromatic heterocycles. The van der Waals surface area contributed by atoms with Gasteiger partial charge in [-0.25, -0.2) is 4.79 Å². The normalized spacial score (nSPS) is 12.9. The van der Waals surface area contributed by atoms with Crippen LogP contribution in [0.1, 0.15) is 51.7 Å². The molecular formula is C30H39N5O6. The SMILES string of the molecule is CC(C)C[C@H](NC(=O)OCc1ccccc1)C(=O)N[C@@H](CC(C)C)C(=O)NC(Cc1ccc(O)cc1)C(=O)C=[N+]=[N-]. The molecule has 0 spiro atoms. The monoisotopic (exact) mass is 565 g/mol. The molecule has 2 aromatic carbocycles. The molecule has 4 N–H and O–H groups in total. The Hall–Kier alpha value is -4.50. The summed E-state index contributed by atoms with van der Waals surface area (Å²) < 4.78 is 5.28. The third kappa shape index (κ3) is 12.0. The number of carbonyl (C=O) groups is 4. The quantitative estimate of drug-likeness (QED) is 0.147. The fourth-order valence-electron chi connectivity index (χ4n) is 4.09. The highest BCUT2D eigenvalue weighted by atomic mass is 16.5. The summed E-state index contributed by atoms with van der Waals surface area (Å²) >= 11 is 0. The standard InChI is InChI=1S/C30H39N5O6/c1-19(2)14-25(28(38)33-24(27(37)17-32-31)16-21-10-12-23(36)13-11-21)34-29(39)26(15-20(3)4)35-30(40)41-18-22-8-6-5-7-9-22/h5-13,17,19-20,24-26,36H,14-16,18H2,1-4H3,(H,33,38)(H,34,39)(H,35,40)/t24?,25-,26-/m0/s1. The van der Waals surface area contributed by atoms with Crippen molar-refractivity contribution in [3.63, 3.8) is 0 Å². The number of benzene rings is 2. The number of carbonyl (C=O) groups excluding carboxylic acids is 4. The molecule has 11 nitrogen and oxygen atoms in total. The lowest BCUT2D eigenvalue weighted by Gasteiger charge is -2.26. The van der Waals surface area contributed by atoms with Crippen LogP contribution in [-0.2, 0) is 32.1 Å². The van der Waals surface area contributed by atoms with Crippen LogP contribution in [0.5, 0.6) is 5.75 Å². The number of phenols is 1.